The van der Waals surface area contributed by atoms with Crippen molar-refractivity contribution >= 4 is 51.3 Å². The first-order valence-electron chi connectivity index (χ1n) is 7.95. The normalized spacial score (nSPS) is 14.0. The molecule has 2 aromatic rings. The monoisotopic (exact) mass is 378 g/mol. The lowest BCUT2D eigenvalue weighted by Gasteiger charge is -2.18. The van der Waals surface area contributed by atoms with Crippen molar-refractivity contribution in [3.05, 3.63) is 34.3 Å². The van der Waals surface area contributed by atoms with E-state index in [-0.39, 0.29) is 18.2 Å². The van der Waals surface area contributed by atoms with Crippen molar-refractivity contribution in [2.45, 2.75) is 19.3 Å². The predicted molar refractivity (Wildman–Crippen MR) is 102 cm³/mol. The summed E-state index contributed by atoms with van der Waals surface area (Å²) in [7, 11) is 3.80. The average molecular weight is 379 g/mol. The molecule has 8 heteroatoms. The molecule has 1 aliphatic rings. The Bertz CT molecular complexity index is 806. The maximum absolute atomic E-state index is 12.4. The average Bonchev–Trinajstić information content (AvgIpc) is 3.15. The van der Waals surface area contributed by atoms with Crippen molar-refractivity contribution < 1.29 is 9.59 Å². The first kappa shape index (κ1) is 17.7. The number of benzene rings is 1. The molecule has 0 aliphatic carbocycles. The Labute approximate surface area is 155 Å². The second-order valence-electron chi connectivity index (χ2n) is 6.05. The third kappa shape index (κ3) is 4.11. The van der Waals surface area contributed by atoms with Crippen LogP contribution in [-0.4, -0.2) is 37.4 Å². The molecule has 1 N–H and O–H groups in total. The summed E-state index contributed by atoms with van der Waals surface area (Å²) in [5.41, 5.74) is 2.19. The number of aromatic nitrogens is 1. The van der Waals surface area contributed by atoms with Gasteiger partial charge in [0.15, 0.2) is 5.13 Å². The summed E-state index contributed by atoms with van der Waals surface area (Å²) in [6.07, 6.45) is 1.58. The standard InChI is InChI=1S/C17H19ClN4O2S/c1-21(2)14-6-5-11(18)8-13(14)20-15(23)9-12-10-25-17(19-12)22-7-3-4-16(22)24/h5-6,8,10H,3-4,7,9H2,1-2H3,(H,20,23). The Morgan fingerprint density at radius 1 is 1.44 bits per heavy atom. The highest BCUT2D eigenvalue weighted by Gasteiger charge is 2.24. The highest BCUT2D eigenvalue weighted by Crippen LogP contribution is 2.29. The molecule has 1 saturated heterocycles. The minimum absolute atomic E-state index is 0.0971. The number of thiazole rings is 1. The van der Waals surface area contributed by atoms with Crippen LogP contribution in [0.3, 0.4) is 0 Å². The van der Waals surface area contributed by atoms with Gasteiger partial charge >= 0.3 is 0 Å². The van der Waals surface area contributed by atoms with Crippen molar-refractivity contribution in [2.24, 2.45) is 0 Å². The van der Waals surface area contributed by atoms with Crippen LogP contribution in [0.1, 0.15) is 18.5 Å². The molecule has 6 nitrogen and oxygen atoms in total. The summed E-state index contributed by atoms with van der Waals surface area (Å²) in [5.74, 6) is -0.0742. The molecule has 1 aromatic carbocycles. The van der Waals surface area contributed by atoms with Crippen LogP contribution in [0.5, 0.6) is 0 Å². The smallest absolute Gasteiger partial charge is 0.230 e. The zero-order valence-electron chi connectivity index (χ0n) is 14.1. The number of nitrogens with zero attached hydrogens (tertiary/aromatic N) is 3. The fourth-order valence-corrected chi connectivity index (χ4v) is 3.75. The van der Waals surface area contributed by atoms with Crippen molar-refractivity contribution in [3.63, 3.8) is 0 Å². The van der Waals surface area contributed by atoms with E-state index < -0.39 is 0 Å². The summed E-state index contributed by atoms with van der Waals surface area (Å²) in [5, 5.41) is 5.94. The lowest BCUT2D eigenvalue weighted by atomic mass is 10.2. The number of carbonyl (C=O) groups excluding carboxylic acids is 2. The largest absolute Gasteiger partial charge is 0.376 e. The third-order valence-electron chi connectivity index (χ3n) is 3.90. The number of anilines is 3. The molecule has 25 heavy (non-hydrogen) atoms. The van der Waals surface area contributed by atoms with E-state index in [9.17, 15) is 9.59 Å². The van der Waals surface area contributed by atoms with Gasteiger partial charge < -0.3 is 10.2 Å². The quantitative estimate of drug-likeness (QED) is 0.867. The molecule has 0 saturated carbocycles. The van der Waals surface area contributed by atoms with E-state index in [0.29, 0.717) is 34.5 Å². The minimum Gasteiger partial charge on any atom is -0.376 e. The molecule has 1 aliphatic heterocycles. The number of hydrogen-bond acceptors (Lipinski definition) is 5. The van der Waals surface area contributed by atoms with E-state index in [1.165, 1.54) is 11.3 Å². The van der Waals surface area contributed by atoms with Gasteiger partial charge in [-0.25, -0.2) is 4.98 Å². The first-order valence-corrected chi connectivity index (χ1v) is 9.21. The van der Waals surface area contributed by atoms with Gasteiger partial charge in [-0.2, -0.15) is 0 Å². The van der Waals surface area contributed by atoms with Crippen molar-refractivity contribution in [1.29, 1.82) is 0 Å². The molecule has 0 atom stereocenters. The maximum atomic E-state index is 12.4. The summed E-state index contributed by atoms with van der Waals surface area (Å²) in [4.78, 5) is 32.2. The van der Waals surface area contributed by atoms with Gasteiger partial charge in [-0.05, 0) is 24.6 Å². The van der Waals surface area contributed by atoms with Gasteiger partial charge in [0.05, 0.1) is 23.5 Å². The Kier molecular flexibility index (Phi) is 5.24. The second kappa shape index (κ2) is 7.41. The zero-order valence-corrected chi connectivity index (χ0v) is 15.7. The number of amides is 2. The summed E-state index contributed by atoms with van der Waals surface area (Å²) < 4.78 is 0. The fraction of sp³-hybridized carbons (Fsp3) is 0.353. The molecular formula is C17H19ClN4O2S. The Hall–Kier alpha value is -2.12. The van der Waals surface area contributed by atoms with Gasteiger partial charge in [0, 0.05) is 37.5 Å². The number of halogens is 1. The highest BCUT2D eigenvalue weighted by atomic mass is 35.5. The molecular weight excluding hydrogens is 360 g/mol. The van der Waals surface area contributed by atoms with Gasteiger partial charge in [-0.1, -0.05) is 11.6 Å². The number of carbonyl (C=O) groups is 2. The zero-order chi connectivity index (χ0) is 18.0. The van der Waals surface area contributed by atoms with E-state index >= 15 is 0 Å². The van der Waals surface area contributed by atoms with Crippen LogP contribution < -0.4 is 15.1 Å². The molecule has 0 radical (unpaired) electrons. The van der Waals surface area contributed by atoms with Gasteiger partial charge in [-0.15, -0.1) is 11.3 Å². The summed E-state index contributed by atoms with van der Waals surface area (Å²) >= 11 is 7.43. The lowest BCUT2D eigenvalue weighted by molar-refractivity contribution is -0.117. The maximum Gasteiger partial charge on any atom is 0.230 e. The molecule has 3 rings (SSSR count). The fourth-order valence-electron chi connectivity index (χ4n) is 2.71. The highest BCUT2D eigenvalue weighted by molar-refractivity contribution is 7.14. The molecule has 1 aromatic heterocycles. The number of nitrogens with one attached hydrogen (secondary N) is 1. The molecule has 2 heterocycles. The van der Waals surface area contributed by atoms with E-state index in [1.54, 1.807) is 17.0 Å². The summed E-state index contributed by atoms with van der Waals surface area (Å²) in [6, 6.07) is 5.37. The predicted octanol–water partition coefficient (Wildman–Crippen LogP) is 3.17. The molecule has 1 fully saturated rings. The van der Waals surface area contributed by atoms with Crippen molar-refractivity contribution in [3.8, 4) is 0 Å². The molecule has 0 spiro atoms. The number of rotatable bonds is 5. The van der Waals surface area contributed by atoms with Gasteiger partial charge in [0.1, 0.15) is 0 Å². The first-order chi connectivity index (χ1) is 11.9. The van der Waals surface area contributed by atoms with Gasteiger partial charge in [0.25, 0.3) is 0 Å². The second-order valence-corrected chi connectivity index (χ2v) is 7.32. The van der Waals surface area contributed by atoms with E-state index in [4.69, 9.17) is 11.6 Å². The minimum atomic E-state index is -0.171. The molecule has 132 valence electrons. The van der Waals surface area contributed by atoms with Crippen LogP contribution in [-0.2, 0) is 16.0 Å². The van der Waals surface area contributed by atoms with E-state index in [1.807, 2.05) is 30.4 Å². The van der Waals surface area contributed by atoms with Crippen LogP contribution in [0.25, 0.3) is 0 Å². The van der Waals surface area contributed by atoms with Crippen LogP contribution in [0, 0.1) is 0 Å². The van der Waals surface area contributed by atoms with Crippen LogP contribution >= 0.6 is 22.9 Å². The Morgan fingerprint density at radius 3 is 2.92 bits per heavy atom. The molecule has 2 amide bonds. The topological polar surface area (TPSA) is 65.5 Å². The lowest BCUT2D eigenvalue weighted by Crippen LogP contribution is -2.23. The van der Waals surface area contributed by atoms with Crippen LogP contribution in [0.2, 0.25) is 5.02 Å². The SMILES string of the molecule is CN(C)c1ccc(Cl)cc1NC(=O)Cc1csc(N2CCCC2=O)n1. The molecule has 0 unspecified atom stereocenters. The Morgan fingerprint density at radius 2 is 2.24 bits per heavy atom. The van der Waals surface area contributed by atoms with E-state index in [2.05, 4.69) is 10.3 Å². The van der Waals surface area contributed by atoms with Gasteiger partial charge in [-0.3, -0.25) is 14.5 Å². The van der Waals surface area contributed by atoms with Crippen LogP contribution in [0.15, 0.2) is 23.6 Å². The number of hydrogen-bond donors (Lipinski definition) is 1. The van der Waals surface area contributed by atoms with Gasteiger partial charge in [0.2, 0.25) is 11.8 Å². The molecule has 0 bridgehead atoms. The van der Waals surface area contributed by atoms with Crippen LogP contribution in [0.4, 0.5) is 16.5 Å². The van der Waals surface area contributed by atoms with E-state index in [0.717, 1.165) is 12.1 Å². The Balaban J connectivity index is 1.68. The van der Waals surface area contributed by atoms with Crippen molar-refractivity contribution in [2.75, 3.05) is 35.8 Å². The third-order valence-corrected chi connectivity index (χ3v) is 5.05. The summed E-state index contributed by atoms with van der Waals surface area (Å²) in [6.45, 7) is 0.701. The van der Waals surface area contributed by atoms with Crippen molar-refractivity contribution in [1.82, 2.24) is 4.98 Å².